The van der Waals surface area contributed by atoms with E-state index in [9.17, 15) is 10.1 Å². The van der Waals surface area contributed by atoms with Gasteiger partial charge in [-0.05, 0) is 60.2 Å². The Hall–Kier alpha value is -4.55. The van der Waals surface area contributed by atoms with Crippen molar-refractivity contribution in [2.45, 2.75) is 0 Å². The Morgan fingerprint density at radius 3 is 2.13 bits per heavy atom. The average Bonchev–Trinajstić information content (AvgIpc) is 2.79. The van der Waals surface area contributed by atoms with Crippen LogP contribution in [-0.4, -0.2) is 12.5 Å². The first kappa shape index (κ1) is 20.2. The summed E-state index contributed by atoms with van der Waals surface area (Å²) in [6.45, 7) is -0.0454. The van der Waals surface area contributed by atoms with Crippen LogP contribution in [0.4, 0.5) is 5.69 Å². The summed E-state index contributed by atoms with van der Waals surface area (Å²) in [6, 6.07) is 26.8. The Labute approximate surface area is 174 Å². The third-order valence-electron chi connectivity index (χ3n) is 3.95. The number of amides is 1. The highest BCUT2D eigenvalue weighted by Crippen LogP contribution is 2.23. The third kappa shape index (κ3) is 5.72. The number of nitrogens with one attached hydrogen (secondary N) is 1. The lowest BCUT2D eigenvalue weighted by atomic mass is 10.1. The van der Waals surface area contributed by atoms with Crippen molar-refractivity contribution in [3.8, 4) is 29.4 Å². The summed E-state index contributed by atoms with van der Waals surface area (Å²) in [7, 11) is 0. The van der Waals surface area contributed by atoms with Gasteiger partial charge in [0.2, 0.25) is 0 Å². The van der Waals surface area contributed by atoms with Crippen LogP contribution in [0.2, 0.25) is 0 Å². The zero-order valence-electron chi connectivity index (χ0n) is 15.9. The molecule has 146 valence electrons. The lowest BCUT2D eigenvalue weighted by Gasteiger charge is -2.08. The predicted molar refractivity (Wildman–Crippen MR) is 113 cm³/mol. The van der Waals surface area contributed by atoms with E-state index in [-0.39, 0.29) is 12.2 Å². The van der Waals surface area contributed by atoms with Gasteiger partial charge < -0.3 is 14.8 Å². The van der Waals surface area contributed by atoms with Crippen LogP contribution < -0.4 is 14.8 Å². The Morgan fingerprint density at radius 1 is 0.867 bits per heavy atom. The number of hydrogen-bond acceptors (Lipinski definition) is 5. The van der Waals surface area contributed by atoms with E-state index in [2.05, 4.69) is 5.32 Å². The van der Waals surface area contributed by atoms with Crippen molar-refractivity contribution in [1.29, 1.82) is 10.5 Å². The zero-order chi connectivity index (χ0) is 21.2. The molecule has 0 bridgehead atoms. The molecular formula is C24H17N3O3. The largest absolute Gasteiger partial charge is 0.479 e. The molecular weight excluding hydrogens is 378 g/mol. The second-order valence-electron chi connectivity index (χ2n) is 6.08. The second-order valence-corrected chi connectivity index (χ2v) is 6.08. The Balaban J connectivity index is 1.64. The predicted octanol–water partition coefficient (Wildman–Crippen LogP) is 4.93. The third-order valence-corrected chi connectivity index (χ3v) is 3.95. The van der Waals surface area contributed by atoms with Crippen molar-refractivity contribution in [2.75, 3.05) is 11.9 Å². The van der Waals surface area contributed by atoms with Gasteiger partial charge in [0.25, 0.3) is 5.91 Å². The average molecular weight is 395 g/mol. The summed E-state index contributed by atoms with van der Waals surface area (Å²) in [6.07, 6.45) is 1.48. The molecule has 6 heteroatoms. The van der Waals surface area contributed by atoms with Gasteiger partial charge >= 0.3 is 0 Å². The minimum Gasteiger partial charge on any atom is -0.479 e. The van der Waals surface area contributed by atoms with Crippen LogP contribution in [0.25, 0.3) is 6.08 Å². The molecule has 0 aromatic heterocycles. The summed E-state index contributed by atoms with van der Waals surface area (Å²) in [5.41, 5.74) is 1.17. The van der Waals surface area contributed by atoms with Gasteiger partial charge in [-0.15, -0.1) is 0 Å². The summed E-state index contributed by atoms with van der Waals surface area (Å²) < 4.78 is 10.9. The topological polar surface area (TPSA) is 95.1 Å². The van der Waals surface area contributed by atoms with E-state index in [0.29, 0.717) is 28.5 Å². The highest BCUT2D eigenvalue weighted by molar-refractivity contribution is 6.09. The minimum atomic E-state index is -0.515. The number of para-hydroxylation sites is 1. The molecule has 0 heterocycles. The molecule has 0 aliphatic rings. The van der Waals surface area contributed by atoms with Gasteiger partial charge in [-0.3, -0.25) is 4.79 Å². The standard InChI is InChI=1S/C24H17N3O3/c25-14-15-29-21-10-6-18(7-11-21)16-19(17-26)24(28)27-20-8-12-23(13-9-20)30-22-4-2-1-3-5-22/h1-13,16H,15H2,(H,27,28)/b19-16+. The number of anilines is 1. The lowest BCUT2D eigenvalue weighted by molar-refractivity contribution is -0.112. The molecule has 30 heavy (non-hydrogen) atoms. The highest BCUT2D eigenvalue weighted by Gasteiger charge is 2.10. The van der Waals surface area contributed by atoms with Crippen LogP contribution in [0, 0.1) is 22.7 Å². The smallest absolute Gasteiger partial charge is 0.266 e. The first-order chi connectivity index (χ1) is 14.7. The van der Waals surface area contributed by atoms with Gasteiger partial charge in [-0.25, -0.2) is 0 Å². The van der Waals surface area contributed by atoms with Crippen LogP contribution in [0.1, 0.15) is 5.56 Å². The second kappa shape index (κ2) is 10.1. The first-order valence-corrected chi connectivity index (χ1v) is 9.04. The molecule has 0 aliphatic carbocycles. The van der Waals surface area contributed by atoms with Crippen molar-refractivity contribution in [3.05, 3.63) is 90.0 Å². The van der Waals surface area contributed by atoms with Crippen molar-refractivity contribution < 1.29 is 14.3 Å². The molecule has 1 N–H and O–H groups in total. The van der Waals surface area contributed by atoms with Crippen LogP contribution in [0.5, 0.6) is 17.2 Å². The van der Waals surface area contributed by atoms with Gasteiger partial charge in [-0.2, -0.15) is 10.5 Å². The van der Waals surface area contributed by atoms with Gasteiger partial charge in [-0.1, -0.05) is 30.3 Å². The molecule has 0 radical (unpaired) electrons. The monoisotopic (exact) mass is 395 g/mol. The molecule has 0 saturated heterocycles. The van der Waals surface area contributed by atoms with E-state index in [1.54, 1.807) is 48.5 Å². The van der Waals surface area contributed by atoms with Crippen LogP contribution in [-0.2, 0) is 4.79 Å². The number of carbonyl (C=O) groups excluding carboxylic acids is 1. The van der Waals surface area contributed by atoms with Gasteiger partial charge in [0.15, 0.2) is 6.61 Å². The van der Waals surface area contributed by atoms with Crippen molar-refractivity contribution in [1.82, 2.24) is 0 Å². The Morgan fingerprint density at radius 2 is 1.50 bits per heavy atom. The minimum absolute atomic E-state index is 0.0368. The van der Waals surface area contributed by atoms with Crippen LogP contribution >= 0.6 is 0 Å². The van der Waals surface area contributed by atoms with E-state index in [0.717, 1.165) is 0 Å². The number of benzene rings is 3. The molecule has 0 fully saturated rings. The Bertz CT molecular complexity index is 1110. The van der Waals surface area contributed by atoms with E-state index in [1.165, 1.54) is 6.08 Å². The van der Waals surface area contributed by atoms with Gasteiger partial charge in [0, 0.05) is 5.69 Å². The van der Waals surface area contributed by atoms with Crippen molar-refractivity contribution in [3.63, 3.8) is 0 Å². The molecule has 0 aliphatic heterocycles. The lowest BCUT2D eigenvalue weighted by Crippen LogP contribution is -2.13. The molecule has 3 aromatic carbocycles. The summed E-state index contributed by atoms with van der Waals surface area (Å²) >= 11 is 0. The van der Waals surface area contributed by atoms with Crippen LogP contribution in [0.3, 0.4) is 0 Å². The quantitative estimate of drug-likeness (QED) is 0.452. The fourth-order valence-electron chi connectivity index (χ4n) is 2.52. The zero-order valence-corrected chi connectivity index (χ0v) is 15.9. The molecule has 1 amide bonds. The number of nitrogens with zero attached hydrogens (tertiary/aromatic N) is 2. The molecule has 3 rings (SSSR count). The van der Waals surface area contributed by atoms with Crippen molar-refractivity contribution >= 4 is 17.7 Å². The molecule has 0 saturated carbocycles. The maximum atomic E-state index is 12.4. The maximum Gasteiger partial charge on any atom is 0.266 e. The number of carbonyl (C=O) groups is 1. The van der Waals surface area contributed by atoms with Gasteiger partial charge in [0.1, 0.15) is 35.0 Å². The molecule has 3 aromatic rings. The van der Waals surface area contributed by atoms with E-state index in [1.807, 2.05) is 42.5 Å². The number of ether oxygens (including phenoxy) is 2. The first-order valence-electron chi connectivity index (χ1n) is 9.04. The summed E-state index contributed by atoms with van der Waals surface area (Å²) in [4.78, 5) is 12.4. The number of nitriles is 2. The maximum absolute atomic E-state index is 12.4. The number of hydrogen-bond donors (Lipinski definition) is 1. The molecule has 6 nitrogen and oxygen atoms in total. The molecule has 0 spiro atoms. The summed E-state index contributed by atoms with van der Waals surface area (Å²) in [5, 5.41) is 20.6. The Kier molecular flexibility index (Phi) is 6.81. The van der Waals surface area contributed by atoms with Gasteiger partial charge in [0.05, 0.1) is 0 Å². The van der Waals surface area contributed by atoms with Crippen LogP contribution in [0.15, 0.2) is 84.4 Å². The molecule has 0 unspecified atom stereocenters. The molecule has 0 atom stereocenters. The highest BCUT2D eigenvalue weighted by atomic mass is 16.5. The fourth-order valence-corrected chi connectivity index (χ4v) is 2.52. The fraction of sp³-hybridized carbons (Fsp3) is 0.0417. The van der Waals surface area contributed by atoms with Crippen molar-refractivity contribution in [2.24, 2.45) is 0 Å². The van der Waals surface area contributed by atoms with E-state index < -0.39 is 5.91 Å². The normalized spacial score (nSPS) is 10.4. The summed E-state index contributed by atoms with van der Waals surface area (Å²) in [5.74, 6) is 1.37. The van der Waals surface area contributed by atoms with E-state index >= 15 is 0 Å². The number of rotatable bonds is 7. The van der Waals surface area contributed by atoms with E-state index in [4.69, 9.17) is 14.7 Å². The SMILES string of the molecule is N#CCOc1ccc(/C=C(\C#N)C(=O)Nc2ccc(Oc3ccccc3)cc2)cc1.